The van der Waals surface area contributed by atoms with Crippen molar-refractivity contribution in [2.45, 2.75) is 29.5 Å². The van der Waals surface area contributed by atoms with E-state index < -0.39 is 22.2 Å². The number of alkyl halides is 3. The highest BCUT2D eigenvalue weighted by molar-refractivity contribution is 7.89. The van der Waals surface area contributed by atoms with E-state index in [0.29, 0.717) is 26.1 Å². The molecule has 0 radical (unpaired) electrons. The first-order valence-corrected chi connectivity index (χ1v) is 16.0. The zero-order valence-corrected chi connectivity index (χ0v) is 25.5. The summed E-state index contributed by atoms with van der Waals surface area (Å²) in [5.41, 5.74) is 4.25. The van der Waals surface area contributed by atoms with Gasteiger partial charge in [-0.25, -0.2) is 17.9 Å². The Kier molecular flexibility index (Phi) is 11.7. The molecule has 5 rings (SSSR count). The Morgan fingerprint density at radius 3 is 1.76 bits per heavy atom. The number of carbonyl (C=O) groups excluding carboxylic acids is 1. The van der Waals surface area contributed by atoms with Crippen LogP contribution in [0.15, 0.2) is 120 Å². The summed E-state index contributed by atoms with van der Waals surface area (Å²) in [5, 5.41) is 13.5. The lowest BCUT2D eigenvalue weighted by atomic mass is 9.90. The maximum absolute atomic E-state index is 13.2. The van der Waals surface area contributed by atoms with E-state index >= 15 is 0 Å². The Labute approximate surface area is 265 Å². The van der Waals surface area contributed by atoms with Gasteiger partial charge in [0.05, 0.1) is 10.8 Å². The molecule has 4 aromatic rings. The van der Waals surface area contributed by atoms with Crippen molar-refractivity contribution in [3.05, 3.63) is 126 Å². The second-order valence-corrected chi connectivity index (χ2v) is 12.4. The van der Waals surface area contributed by atoms with E-state index in [-0.39, 0.29) is 28.7 Å². The molecule has 46 heavy (non-hydrogen) atoms. The fraction of sp³-hybridized carbons (Fsp3) is 0.235. The Morgan fingerprint density at radius 1 is 0.783 bits per heavy atom. The highest BCUT2D eigenvalue weighted by Gasteiger charge is 2.38. The monoisotopic (exact) mass is 653 g/mol. The molecule has 0 spiro atoms. The molecule has 1 saturated heterocycles. The van der Waals surface area contributed by atoms with Gasteiger partial charge in [-0.2, -0.15) is 13.2 Å². The predicted octanol–water partition coefficient (Wildman–Crippen LogP) is 5.19. The molecule has 2 atom stereocenters. The van der Waals surface area contributed by atoms with E-state index in [0.717, 1.165) is 22.3 Å². The summed E-state index contributed by atoms with van der Waals surface area (Å²) >= 11 is 0. The van der Waals surface area contributed by atoms with Gasteiger partial charge in [0, 0.05) is 31.6 Å². The third-order valence-electron chi connectivity index (χ3n) is 7.44. The lowest BCUT2D eigenvalue weighted by Crippen LogP contribution is -2.52. The van der Waals surface area contributed by atoms with Gasteiger partial charge < -0.3 is 15.7 Å². The second-order valence-electron chi connectivity index (χ2n) is 10.7. The Balaban J connectivity index is 0.000000617. The van der Waals surface area contributed by atoms with E-state index in [4.69, 9.17) is 9.90 Å². The zero-order chi connectivity index (χ0) is 33.2. The van der Waals surface area contributed by atoms with E-state index in [1.165, 1.54) is 0 Å². The summed E-state index contributed by atoms with van der Waals surface area (Å²) in [7, 11) is -3.73. The second kappa shape index (κ2) is 15.7. The standard InChI is InChI=1S/C32H33N3O3S.C2HF3O2/c36-32(34-23-31(26-12-6-2-7-13-26)27-14-8-3-9-15-27)28-20-29(22-33-21-28)35-39(37,38)30-18-16-25(17-19-30)24-10-4-1-5-11-24;3-2(4,5)1(6)7/h1-19,28-29,31,33,35H,20-23H2,(H,34,36);(H,6,7)/t28-,29+;/m0./s1. The van der Waals surface area contributed by atoms with Crippen LogP contribution in [0.3, 0.4) is 0 Å². The summed E-state index contributed by atoms with van der Waals surface area (Å²) in [6.07, 6.45) is -4.65. The van der Waals surface area contributed by atoms with Gasteiger partial charge in [-0.3, -0.25) is 4.79 Å². The number of carboxylic acid groups (broad SMARTS) is 1. The van der Waals surface area contributed by atoms with Crippen LogP contribution in [0.25, 0.3) is 11.1 Å². The number of sulfonamides is 1. The number of aliphatic carboxylic acids is 1. The number of piperidine rings is 1. The summed E-state index contributed by atoms with van der Waals surface area (Å²) in [6, 6.07) is 36.6. The molecule has 4 aromatic carbocycles. The van der Waals surface area contributed by atoms with Crippen molar-refractivity contribution < 1.29 is 36.3 Å². The lowest BCUT2D eigenvalue weighted by Gasteiger charge is -2.30. The summed E-state index contributed by atoms with van der Waals surface area (Å²) in [6.45, 7) is 1.45. The molecule has 0 saturated carbocycles. The number of carboxylic acids is 1. The first kappa shape index (κ1) is 34.4. The molecule has 0 aliphatic carbocycles. The molecule has 242 valence electrons. The summed E-state index contributed by atoms with van der Waals surface area (Å²) < 4.78 is 60.8. The number of hydrogen-bond acceptors (Lipinski definition) is 5. The van der Waals surface area contributed by atoms with E-state index in [1.807, 2.05) is 78.9 Å². The van der Waals surface area contributed by atoms with Crippen molar-refractivity contribution in [2.75, 3.05) is 19.6 Å². The number of hydrogen-bond donors (Lipinski definition) is 4. The number of carbonyl (C=O) groups is 2. The van der Waals surface area contributed by atoms with Crippen LogP contribution in [0.4, 0.5) is 13.2 Å². The molecule has 1 aliphatic heterocycles. The molecular formula is C34H34F3N3O5S. The van der Waals surface area contributed by atoms with Crippen LogP contribution in [0, 0.1) is 5.92 Å². The van der Waals surface area contributed by atoms with Gasteiger partial charge in [-0.05, 0) is 40.8 Å². The van der Waals surface area contributed by atoms with Gasteiger partial charge in [0.15, 0.2) is 0 Å². The van der Waals surface area contributed by atoms with Crippen LogP contribution >= 0.6 is 0 Å². The molecule has 12 heteroatoms. The Morgan fingerprint density at radius 2 is 1.26 bits per heavy atom. The number of halogens is 3. The summed E-state index contributed by atoms with van der Waals surface area (Å²) in [5.74, 6) is -3.14. The fourth-order valence-corrected chi connectivity index (χ4v) is 6.37. The van der Waals surface area contributed by atoms with Crippen molar-refractivity contribution in [2.24, 2.45) is 5.92 Å². The Hall–Kier alpha value is -4.52. The number of rotatable bonds is 9. The van der Waals surface area contributed by atoms with E-state index in [1.54, 1.807) is 12.1 Å². The van der Waals surface area contributed by atoms with Crippen LogP contribution in [-0.4, -0.2) is 57.3 Å². The molecule has 1 heterocycles. The smallest absolute Gasteiger partial charge is 0.475 e. The van der Waals surface area contributed by atoms with Crippen molar-refractivity contribution in [3.8, 4) is 11.1 Å². The maximum atomic E-state index is 13.2. The van der Waals surface area contributed by atoms with Crippen LogP contribution in [0.1, 0.15) is 23.5 Å². The first-order chi connectivity index (χ1) is 21.9. The topological polar surface area (TPSA) is 125 Å². The molecule has 1 amide bonds. The first-order valence-electron chi connectivity index (χ1n) is 14.5. The predicted molar refractivity (Wildman–Crippen MR) is 168 cm³/mol. The number of amides is 1. The average Bonchev–Trinajstić information content (AvgIpc) is 3.06. The van der Waals surface area contributed by atoms with Gasteiger partial charge in [-0.15, -0.1) is 0 Å². The quantitative estimate of drug-likeness (QED) is 0.197. The van der Waals surface area contributed by atoms with Gasteiger partial charge >= 0.3 is 12.1 Å². The lowest BCUT2D eigenvalue weighted by molar-refractivity contribution is -0.192. The van der Waals surface area contributed by atoms with Gasteiger partial charge in [0.1, 0.15) is 0 Å². The number of benzene rings is 4. The molecule has 1 aliphatic rings. The van der Waals surface area contributed by atoms with Crippen LogP contribution in [-0.2, 0) is 19.6 Å². The normalized spacial score (nSPS) is 16.6. The van der Waals surface area contributed by atoms with Gasteiger partial charge in [-0.1, -0.05) is 103 Å². The van der Waals surface area contributed by atoms with Crippen molar-refractivity contribution in [1.82, 2.24) is 15.4 Å². The molecule has 0 bridgehead atoms. The van der Waals surface area contributed by atoms with Crippen molar-refractivity contribution in [3.63, 3.8) is 0 Å². The molecule has 0 unspecified atom stereocenters. The molecular weight excluding hydrogens is 619 g/mol. The Bertz CT molecular complexity index is 1630. The van der Waals surface area contributed by atoms with Crippen molar-refractivity contribution in [1.29, 1.82) is 0 Å². The highest BCUT2D eigenvalue weighted by Crippen LogP contribution is 2.25. The van der Waals surface area contributed by atoms with Gasteiger partial charge in [0.25, 0.3) is 0 Å². The molecule has 0 aromatic heterocycles. The number of nitrogens with one attached hydrogen (secondary N) is 3. The molecule has 8 nitrogen and oxygen atoms in total. The minimum Gasteiger partial charge on any atom is -0.475 e. The SMILES string of the molecule is O=C(NCC(c1ccccc1)c1ccccc1)[C@@H]1CNC[C@H](NS(=O)(=O)c2ccc(-c3ccccc3)cc2)C1.O=C(O)C(F)(F)F. The van der Waals surface area contributed by atoms with Crippen LogP contribution in [0.5, 0.6) is 0 Å². The minimum atomic E-state index is -5.08. The van der Waals surface area contributed by atoms with E-state index in [9.17, 15) is 26.4 Å². The average molecular weight is 654 g/mol. The van der Waals surface area contributed by atoms with Crippen LogP contribution < -0.4 is 15.4 Å². The molecule has 4 N–H and O–H groups in total. The third-order valence-corrected chi connectivity index (χ3v) is 8.98. The fourth-order valence-electron chi connectivity index (χ4n) is 5.12. The molecule has 1 fully saturated rings. The maximum Gasteiger partial charge on any atom is 0.490 e. The highest BCUT2D eigenvalue weighted by atomic mass is 32.2. The van der Waals surface area contributed by atoms with Crippen LogP contribution in [0.2, 0.25) is 0 Å². The zero-order valence-electron chi connectivity index (χ0n) is 24.7. The van der Waals surface area contributed by atoms with Gasteiger partial charge in [0.2, 0.25) is 15.9 Å². The largest absolute Gasteiger partial charge is 0.490 e. The van der Waals surface area contributed by atoms with E-state index in [2.05, 4.69) is 39.6 Å². The summed E-state index contributed by atoms with van der Waals surface area (Å²) in [4.78, 5) is 22.3. The minimum absolute atomic E-state index is 0.0288. The van der Waals surface area contributed by atoms with Crippen molar-refractivity contribution >= 4 is 21.9 Å². The third kappa shape index (κ3) is 9.74.